The third kappa shape index (κ3) is 6.07. The predicted octanol–water partition coefficient (Wildman–Crippen LogP) is -0.770. The Bertz CT molecular complexity index is 242. The average molecular weight is 231 g/mol. The van der Waals surface area contributed by atoms with E-state index in [0.717, 1.165) is 0 Å². The molecule has 0 aromatic rings. The maximum absolute atomic E-state index is 11.1. The normalized spacial score (nSPS) is 13.3. The molecule has 7 nitrogen and oxygen atoms in total. The van der Waals surface area contributed by atoms with Crippen LogP contribution in [0.3, 0.4) is 0 Å². The molecule has 94 valence electrons. The second kappa shape index (κ2) is 7.75. The molecule has 16 heavy (non-hydrogen) atoms. The van der Waals surface area contributed by atoms with E-state index in [4.69, 9.17) is 10.9 Å². The zero-order chi connectivity index (χ0) is 12.6. The number of amidine groups is 1. The lowest BCUT2D eigenvalue weighted by molar-refractivity contribution is 0.217. The third-order valence-corrected chi connectivity index (χ3v) is 2.06. The number of carbonyl (C=O) groups is 1. The van der Waals surface area contributed by atoms with Crippen molar-refractivity contribution in [2.45, 2.75) is 6.92 Å². The Morgan fingerprint density at radius 3 is 2.62 bits per heavy atom. The van der Waals surface area contributed by atoms with Crippen molar-refractivity contribution in [3.05, 3.63) is 0 Å². The highest BCUT2D eigenvalue weighted by Gasteiger charge is 2.06. The van der Waals surface area contributed by atoms with E-state index >= 15 is 0 Å². The van der Waals surface area contributed by atoms with Crippen LogP contribution in [0.1, 0.15) is 6.92 Å². The summed E-state index contributed by atoms with van der Waals surface area (Å²) in [7, 11) is 3.37. The summed E-state index contributed by atoms with van der Waals surface area (Å²) in [6, 6.07) is -0.119. The Morgan fingerprint density at radius 2 is 2.12 bits per heavy atom. The summed E-state index contributed by atoms with van der Waals surface area (Å²) in [5, 5.41) is 17.1. The molecule has 5 N–H and O–H groups in total. The molecule has 0 spiro atoms. The van der Waals surface area contributed by atoms with Gasteiger partial charge in [-0.25, -0.2) is 4.79 Å². The van der Waals surface area contributed by atoms with Crippen LogP contribution >= 0.6 is 0 Å². The summed E-state index contributed by atoms with van der Waals surface area (Å²) in [6.45, 7) is 3.64. The van der Waals surface area contributed by atoms with Gasteiger partial charge in [0.1, 0.15) is 5.84 Å². The lowest BCUT2D eigenvalue weighted by Gasteiger charge is -2.13. The standard InChI is InChI=1S/C9H21N5O2/c1-7(8(10)13-16)6-11-4-5-12-9(15)14(2)3/h7,11,16H,4-6H2,1-3H3,(H2,10,13)(H,12,15). The Labute approximate surface area is 95.7 Å². The molecule has 0 bridgehead atoms. The molecule has 0 rings (SSSR count). The van der Waals surface area contributed by atoms with Crippen molar-refractivity contribution in [2.24, 2.45) is 16.8 Å². The van der Waals surface area contributed by atoms with Gasteiger partial charge in [-0.1, -0.05) is 12.1 Å². The molecule has 0 aliphatic carbocycles. The maximum Gasteiger partial charge on any atom is 0.316 e. The number of nitrogens with one attached hydrogen (secondary N) is 2. The molecule has 2 amide bonds. The maximum atomic E-state index is 11.1. The van der Waals surface area contributed by atoms with Gasteiger partial charge in [-0.2, -0.15) is 0 Å². The highest BCUT2D eigenvalue weighted by Crippen LogP contribution is 1.90. The van der Waals surface area contributed by atoms with Crippen molar-refractivity contribution in [2.75, 3.05) is 33.7 Å². The molecule has 0 saturated carbocycles. The number of rotatable bonds is 6. The zero-order valence-corrected chi connectivity index (χ0v) is 10.0. The summed E-state index contributed by atoms with van der Waals surface area (Å²) in [6.07, 6.45) is 0. The van der Waals surface area contributed by atoms with Gasteiger partial charge >= 0.3 is 6.03 Å². The number of oxime groups is 1. The molecule has 0 heterocycles. The Balaban J connectivity index is 3.51. The molecule has 0 aliphatic heterocycles. The van der Waals surface area contributed by atoms with Crippen molar-refractivity contribution in [3.8, 4) is 0 Å². The smallest absolute Gasteiger partial charge is 0.316 e. The fourth-order valence-corrected chi connectivity index (χ4v) is 0.938. The second-order valence-electron chi connectivity index (χ2n) is 3.76. The Kier molecular flexibility index (Phi) is 7.02. The van der Waals surface area contributed by atoms with Crippen molar-refractivity contribution < 1.29 is 10.0 Å². The summed E-state index contributed by atoms with van der Waals surface area (Å²) < 4.78 is 0. The predicted molar refractivity (Wildman–Crippen MR) is 62.5 cm³/mol. The van der Waals surface area contributed by atoms with E-state index in [2.05, 4.69) is 15.8 Å². The topological polar surface area (TPSA) is 103 Å². The van der Waals surface area contributed by atoms with Gasteiger partial charge < -0.3 is 26.5 Å². The van der Waals surface area contributed by atoms with E-state index in [1.54, 1.807) is 14.1 Å². The first kappa shape index (κ1) is 14.5. The number of urea groups is 1. The van der Waals surface area contributed by atoms with Crippen LogP contribution in [0.2, 0.25) is 0 Å². The monoisotopic (exact) mass is 231 g/mol. The van der Waals surface area contributed by atoms with Gasteiger partial charge in [0.2, 0.25) is 0 Å². The van der Waals surface area contributed by atoms with Crippen LogP contribution < -0.4 is 16.4 Å². The quantitative estimate of drug-likeness (QED) is 0.158. The van der Waals surface area contributed by atoms with E-state index in [9.17, 15) is 4.79 Å². The zero-order valence-electron chi connectivity index (χ0n) is 10.0. The lowest BCUT2D eigenvalue weighted by Crippen LogP contribution is -2.40. The van der Waals surface area contributed by atoms with Crippen molar-refractivity contribution in [1.29, 1.82) is 0 Å². The minimum Gasteiger partial charge on any atom is -0.409 e. The molecule has 1 unspecified atom stereocenters. The SMILES string of the molecule is CC(CNCCNC(=O)N(C)C)C(N)=NO. The van der Waals surface area contributed by atoms with Crippen molar-refractivity contribution in [3.63, 3.8) is 0 Å². The molecule has 7 heteroatoms. The first-order valence-corrected chi connectivity index (χ1v) is 5.12. The molecule has 0 aliphatic rings. The molecule has 0 aromatic carbocycles. The lowest BCUT2D eigenvalue weighted by atomic mass is 10.1. The number of amides is 2. The van der Waals surface area contributed by atoms with Crippen LogP contribution in [0.4, 0.5) is 4.79 Å². The molecular weight excluding hydrogens is 210 g/mol. The summed E-state index contributed by atoms with van der Waals surface area (Å²) in [5.41, 5.74) is 5.40. The van der Waals surface area contributed by atoms with Crippen molar-refractivity contribution in [1.82, 2.24) is 15.5 Å². The number of carbonyl (C=O) groups excluding carboxylic acids is 1. The van der Waals surface area contributed by atoms with E-state index < -0.39 is 0 Å². The second-order valence-corrected chi connectivity index (χ2v) is 3.76. The Hall–Kier alpha value is -1.50. The largest absolute Gasteiger partial charge is 0.409 e. The van der Waals surface area contributed by atoms with Crippen LogP contribution in [0.25, 0.3) is 0 Å². The highest BCUT2D eigenvalue weighted by atomic mass is 16.4. The van der Waals surface area contributed by atoms with E-state index in [0.29, 0.717) is 19.6 Å². The van der Waals surface area contributed by atoms with Crippen molar-refractivity contribution >= 4 is 11.9 Å². The van der Waals surface area contributed by atoms with Crippen LogP contribution in [0.15, 0.2) is 5.16 Å². The molecule has 0 fully saturated rings. The Morgan fingerprint density at radius 1 is 1.50 bits per heavy atom. The number of hydrogen-bond acceptors (Lipinski definition) is 4. The van der Waals surface area contributed by atoms with Gasteiger partial charge in [-0.3, -0.25) is 0 Å². The van der Waals surface area contributed by atoms with Crippen LogP contribution in [0, 0.1) is 5.92 Å². The number of nitrogens with two attached hydrogens (primary N) is 1. The van der Waals surface area contributed by atoms with Gasteiger partial charge in [-0.15, -0.1) is 0 Å². The molecule has 1 atom stereocenters. The average Bonchev–Trinajstić information content (AvgIpc) is 2.26. The number of hydrogen-bond donors (Lipinski definition) is 4. The summed E-state index contributed by atoms with van der Waals surface area (Å²) in [4.78, 5) is 12.6. The third-order valence-electron chi connectivity index (χ3n) is 2.06. The molecule has 0 saturated heterocycles. The first-order valence-electron chi connectivity index (χ1n) is 5.12. The minimum atomic E-state index is -0.119. The fraction of sp³-hybridized carbons (Fsp3) is 0.778. The van der Waals surface area contributed by atoms with E-state index in [1.807, 2.05) is 6.92 Å². The van der Waals surface area contributed by atoms with Crippen LogP contribution in [0.5, 0.6) is 0 Å². The van der Waals surface area contributed by atoms with Gasteiger partial charge in [-0.05, 0) is 0 Å². The van der Waals surface area contributed by atoms with E-state index in [-0.39, 0.29) is 17.8 Å². The van der Waals surface area contributed by atoms with Gasteiger partial charge in [0.25, 0.3) is 0 Å². The number of nitrogens with zero attached hydrogens (tertiary/aromatic N) is 2. The molecule has 0 radical (unpaired) electrons. The highest BCUT2D eigenvalue weighted by molar-refractivity contribution is 5.82. The van der Waals surface area contributed by atoms with Crippen LogP contribution in [-0.2, 0) is 0 Å². The van der Waals surface area contributed by atoms with E-state index in [1.165, 1.54) is 4.90 Å². The van der Waals surface area contributed by atoms with Gasteiger partial charge in [0.05, 0.1) is 0 Å². The molecule has 0 aromatic heterocycles. The summed E-state index contributed by atoms with van der Waals surface area (Å²) in [5.74, 6) is 0.166. The van der Waals surface area contributed by atoms with Gasteiger partial charge in [0.15, 0.2) is 0 Å². The van der Waals surface area contributed by atoms with Crippen LogP contribution in [-0.4, -0.2) is 55.7 Å². The summed E-state index contributed by atoms with van der Waals surface area (Å²) >= 11 is 0. The minimum absolute atomic E-state index is 0.0328. The van der Waals surface area contributed by atoms with Gasteiger partial charge in [0, 0.05) is 39.6 Å². The fourth-order valence-electron chi connectivity index (χ4n) is 0.938. The molecular formula is C9H21N5O2. The first-order chi connectivity index (χ1) is 7.49.